The number of para-hydroxylation sites is 4. The van der Waals surface area contributed by atoms with E-state index in [1.165, 1.54) is 176 Å². The van der Waals surface area contributed by atoms with Crippen LogP contribution in [-0.2, 0) is 21.7 Å². The second-order valence-corrected chi connectivity index (χ2v) is 43.9. The van der Waals surface area contributed by atoms with Crippen molar-refractivity contribution < 1.29 is 0 Å². The highest BCUT2D eigenvalue weighted by Gasteiger charge is 2.41. The van der Waals surface area contributed by atoms with Crippen LogP contribution in [0.4, 0.5) is 0 Å². The Hall–Kier alpha value is -18.2. The first-order valence-corrected chi connectivity index (χ1v) is 52.0. The van der Waals surface area contributed by atoms with E-state index in [-0.39, 0.29) is 21.7 Å². The van der Waals surface area contributed by atoms with Crippen LogP contribution in [0, 0.1) is 0 Å². The van der Waals surface area contributed by atoms with E-state index in [4.69, 9.17) is 9.97 Å². The molecule has 21 aromatic carbocycles. The summed E-state index contributed by atoms with van der Waals surface area (Å²) in [6.07, 6.45) is 3.75. The van der Waals surface area contributed by atoms with Crippen molar-refractivity contribution in [1.82, 2.24) is 37.4 Å². The molecule has 0 fully saturated rings. The highest BCUT2D eigenvalue weighted by atomic mass is 15.0. The zero-order valence-corrected chi connectivity index (χ0v) is 83.1. The topological polar surface area (TPSA) is 55.4 Å². The quantitative estimate of drug-likeness (QED) is 0.137. The van der Waals surface area contributed by atoms with Crippen molar-refractivity contribution in [2.75, 3.05) is 0 Å². The van der Waals surface area contributed by atoms with Gasteiger partial charge in [0.2, 0.25) is 0 Å². The molecule has 28 aromatic rings. The van der Waals surface area contributed by atoms with Crippen LogP contribution in [0.2, 0.25) is 0 Å². The Kier molecular flexibility index (Phi) is 16.7. The van der Waals surface area contributed by atoms with Crippen LogP contribution in [0.25, 0.3) is 265 Å². The molecule has 0 atom stereocenters. The molecular formula is C140H96N8. The molecule has 0 N–H and O–H groups in total. The molecule has 0 radical (unpaired) electrons. The van der Waals surface area contributed by atoms with Crippen LogP contribution < -0.4 is 0 Å². The fourth-order valence-electron chi connectivity index (χ4n) is 27.7. The number of aromatic nitrogens is 8. The van der Waals surface area contributed by atoms with E-state index in [0.717, 1.165) is 133 Å². The largest absolute Gasteiger partial charge is 0.309 e. The van der Waals surface area contributed by atoms with Gasteiger partial charge in [0, 0.05) is 121 Å². The number of nitrogens with zero attached hydrogens (tertiary/aromatic N) is 8. The van der Waals surface area contributed by atoms with Gasteiger partial charge in [-0.25, -0.2) is 0 Å². The third-order valence-corrected chi connectivity index (χ3v) is 34.9. The first kappa shape index (κ1) is 83.2. The molecule has 32 rings (SSSR count). The van der Waals surface area contributed by atoms with Crippen LogP contribution in [0.1, 0.15) is 99.9 Å². The van der Waals surface area contributed by atoms with Crippen molar-refractivity contribution in [3.63, 3.8) is 0 Å². The maximum Gasteiger partial charge on any atom is 0.115 e. The van der Waals surface area contributed by atoms with Gasteiger partial charge in [0.05, 0.1) is 77.6 Å². The van der Waals surface area contributed by atoms with Crippen LogP contribution in [-0.4, -0.2) is 37.4 Å². The molecule has 4 aliphatic rings. The normalized spacial score (nSPS) is 14.3. The summed E-state index contributed by atoms with van der Waals surface area (Å²) in [6, 6.07) is 162. The summed E-state index contributed by atoms with van der Waals surface area (Å²) in [5.74, 6) is 0. The third kappa shape index (κ3) is 11.3. The first-order chi connectivity index (χ1) is 72.4. The molecule has 8 nitrogen and oxygen atoms in total. The molecule has 696 valence electrons. The van der Waals surface area contributed by atoms with Crippen LogP contribution >= 0.6 is 0 Å². The van der Waals surface area contributed by atoms with Crippen LogP contribution in [0.15, 0.2) is 437 Å². The van der Waals surface area contributed by atoms with Crippen molar-refractivity contribution >= 4 is 142 Å². The minimum atomic E-state index is -0.150. The maximum absolute atomic E-state index is 5.53. The molecule has 4 aliphatic carbocycles. The minimum Gasteiger partial charge on any atom is -0.309 e. The highest BCUT2D eigenvalue weighted by Crippen LogP contribution is 2.57. The molecule has 7 heterocycles. The van der Waals surface area contributed by atoms with E-state index < -0.39 is 0 Å². The van der Waals surface area contributed by atoms with E-state index in [9.17, 15) is 0 Å². The van der Waals surface area contributed by atoms with Gasteiger partial charge in [-0.05, 0) is 316 Å². The number of hydrogen-bond acceptors (Lipinski definition) is 2. The standard InChI is InChI=1S/C140H96N8/c1-137(2)113-33-17-9-25-93(113)97-53-49-89(77-117(97)137)143-121-37-21-13-29-101(121)105-69-81(41-57-125(105)143)85-45-61-129-109(73-85)110-74-86(82-42-58-126-106(70-82)102-30-14-22-38-122(102)144(126)90-50-54-98-94-26-10-18-34-114(94)138(3,4)118(98)78-90)46-62-130(110)147(129)133-65-66-134(136-135(133)141-67-68-142-136)148-131-63-47-87(83-43-59-127-107(71-83)103-31-15-23-39-123(103)145(127)91-51-55-99-95-27-11-19-35-115(95)139(5,6)119(99)79-91)75-111(131)112-76-88(48-64-132(112)148)84-44-60-128-108(72-84)104-32-16-24-40-124(104)146(128)92-52-56-100-96-28-12-20-36-116(96)140(7,8)120(100)80-92/h9-80H,1-8H3. The summed E-state index contributed by atoms with van der Waals surface area (Å²) >= 11 is 0. The van der Waals surface area contributed by atoms with E-state index in [1.54, 1.807) is 0 Å². The zero-order valence-electron chi connectivity index (χ0n) is 83.1. The van der Waals surface area contributed by atoms with Crippen molar-refractivity contribution in [1.29, 1.82) is 0 Å². The van der Waals surface area contributed by atoms with Gasteiger partial charge < -0.3 is 27.4 Å². The van der Waals surface area contributed by atoms with Gasteiger partial charge in [-0.15, -0.1) is 0 Å². The summed E-state index contributed by atoms with van der Waals surface area (Å²) in [7, 11) is 0. The fourth-order valence-corrected chi connectivity index (χ4v) is 27.7. The second kappa shape index (κ2) is 29.8. The monoisotopic (exact) mass is 1890 g/mol. The van der Waals surface area contributed by atoms with Gasteiger partial charge in [0.1, 0.15) is 11.0 Å². The van der Waals surface area contributed by atoms with E-state index in [1.807, 2.05) is 12.4 Å². The fraction of sp³-hybridized carbons (Fsp3) is 0.0857. The molecule has 0 unspecified atom stereocenters. The first-order valence-electron chi connectivity index (χ1n) is 52.0. The average Bonchev–Trinajstić information content (AvgIpc) is 1.56. The highest BCUT2D eigenvalue weighted by molar-refractivity contribution is 6.20. The number of fused-ring (bicyclic) bond motifs is 31. The van der Waals surface area contributed by atoms with Crippen LogP contribution in [0.5, 0.6) is 0 Å². The van der Waals surface area contributed by atoms with Crippen LogP contribution in [0.3, 0.4) is 0 Å². The second-order valence-electron chi connectivity index (χ2n) is 43.9. The molecule has 0 amide bonds. The van der Waals surface area contributed by atoms with E-state index in [0.29, 0.717) is 0 Å². The SMILES string of the molecule is CC1(C)c2ccccc2-c2ccc(-n3c4ccccc4c4cc(-c5ccc6c(c5)c5cc(-c7ccc8c(c7)c7ccccc7n8-c7ccc8c(c7)C(C)(C)c7ccccc7-8)ccc5n6-c5ccc(-n6c7ccc(-c8ccc9c(c8)c8ccccc8n9-c8ccc9c(c8)C(C)(C)c8ccccc8-9)cc7c7cc(-c8ccc9c(c8)c8ccccc8n9-c8ccc9c(c8)C(C)(C)c8ccccc8-9)ccc76)c6nccnc56)ccc43)cc21. The van der Waals surface area contributed by atoms with E-state index in [2.05, 4.69) is 507 Å². The Morgan fingerprint density at radius 1 is 0.149 bits per heavy atom. The summed E-state index contributed by atoms with van der Waals surface area (Å²) < 4.78 is 14.8. The molecule has 0 spiro atoms. The Morgan fingerprint density at radius 3 is 0.561 bits per heavy atom. The molecule has 0 aliphatic heterocycles. The summed E-state index contributed by atoms with van der Waals surface area (Å²) in [6.45, 7) is 19.0. The molecule has 8 heteroatoms. The lowest BCUT2D eigenvalue weighted by Crippen LogP contribution is -2.15. The predicted molar refractivity (Wildman–Crippen MR) is 618 cm³/mol. The number of rotatable bonds is 10. The predicted octanol–water partition coefficient (Wildman–Crippen LogP) is 36.1. The molecular weight excluding hydrogens is 1790 g/mol. The lowest BCUT2D eigenvalue weighted by Gasteiger charge is -2.22. The Balaban J connectivity index is 0.568. The average molecular weight is 1890 g/mol. The molecule has 0 saturated heterocycles. The lowest BCUT2D eigenvalue weighted by molar-refractivity contribution is 0.660. The summed E-state index contributed by atoms with van der Waals surface area (Å²) in [4.78, 5) is 11.1. The number of benzene rings is 21. The smallest absolute Gasteiger partial charge is 0.115 e. The van der Waals surface area contributed by atoms with Crippen molar-refractivity contribution in [2.45, 2.75) is 77.0 Å². The van der Waals surface area contributed by atoms with Crippen molar-refractivity contribution in [2.24, 2.45) is 0 Å². The Morgan fingerprint density at radius 2 is 0.331 bits per heavy atom. The lowest BCUT2D eigenvalue weighted by atomic mass is 9.82. The number of hydrogen-bond donors (Lipinski definition) is 0. The minimum absolute atomic E-state index is 0.150. The molecule has 7 aromatic heterocycles. The zero-order chi connectivity index (χ0) is 98.1. The van der Waals surface area contributed by atoms with Gasteiger partial charge >= 0.3 is 0 Å². The van der Waals surface area contributed by atoms with Crippen molar-refractivity contribution in [3.8, 4) is 123 Å². The summed E-state index contributed by atoms with van der Waals surface area (Å²) in [5, 5.41) is 14.2. The Bertz CT molecular complexity index is 9680. The van der Waals surface area contributed by atoms with Gasteiger partial charge in [0.25, 0.3) is 0 Å². The van der Waals surface area contributed by atoms with Gasteiger partial charge in [-0.2, -0.15) is 0 Å². The third-order valence-electron chi connectivity index (χ3n) is 34.9. The molecule has 0 bridgehead atoms. The van der Waals surface area contributed by atoms with E-state index >= 15 is 0 Å². The van der Waals surface area contributed by atoms with Gasteiger partial charge in [0.15, 0.2) is 0 Å². The van der Waals surface area contributed by atoms with Gasteiger partial charge in [-0.3, -0.25) is 9.97 Å². The summed E-state index contributed by atoms with van der Waals surface area (Å²) in [5.41, 5.74) is 51.7. The molecule has 0 saturated carbocycles. The van der Waals surface area contributed by atoms with Gasteiger partial charge in [-0.1, -0.05) is 298 Å². The molecule has 148 heavy (non-hydrogen) atoms. The maximum atomic E-state index is 5.53. The van der Waals surface area contributed by atoms with Crippen molar-refractivity contribution in [3.05, 3.63) is 482 Å². The Labute approximate surface area is 854 Å².